The Morgan fingerprint density at radius 2 is 2.05 bits per heavy atom. The molecule has 0 aliphatic rings. The first kappa shape index (κ1) is 14.8. The molecule has 4 nitrogen and oxygen atoms in total. The van der Waals surface area contributed by atoms with Gasteiger partial charge >= 0.3 is 5.97 Å². The summed E-state index contributed by atoms with van der Waals surface area (Å²) in [6.45, 7) is 0. The number of rotatable bonds is 6. The zero-order valence-corrected chi connectivity index (χ0v) is 12.2. The minimum absolute atomic E-state index is 0.0612. The van der Waals surface area contributed by atoms with Crippen LogP contribution in [0.25, 0.3) is 0 Å². The lowest BCUT2D eigenvalue weighted by Crippen LogP contribution is -2.03. The molecular formula is C14H13ClN2O2S. The summed E-state index contributed by atoms with van der Waals surface area (Å²) < 4.78 is 0. The molecule has 0 saturated heterocycles. The molecule has 6 heteroatoms. The van der Waals surface area contributed by atoms with Gasteiger partial charge in [0.2, 0.25) is 0 Å². The molecule has 20 heavy (non-hydrogen) atoms. The standard InChI is InChI=1S/C14H13ClN2O2S/c15-11-9-16-14(17-12(11)13(18)19)20-8-4-7-10-5-2-1-3-6-10/h1-3,5-6,9H,4,7-8H2,(H,18,19). The number of nitrogens with zero attached hydrogens (tertiary/aromatic N) is 2. The summed E-state index contributed by atoms with van der Waals surface area (Å²) in [5.74, 6) is -0.307. The van der Waals surface area contributed by atoms with E-state index in [-0.39, 0.29) is 10.7 Å². The molecule has 0 radical (unpaired) electrons. The Morgan fingerprint density at radius 1 is 1.30 bits per heavy atom. The predicted octanol–water partition coefficient (Wildman–Crippen LogP) is 3.55. The number of carbonyl (C=O) groups is 1. The fraction of sp³-hybridized carbons (Fsp3) is 0.214. The first-order chi connectivity index (χ1) is 9.66. The van der Waals surface area contributed by atoms with Crippen molar-refractivity contribution in [2.45, 2.75) is 18.0 Å². The predicted molar refractivity (Wildman–Crippen MR) is 79.5 cm³/mol. The number of aromatic nitrogens is 2. The highest BCUT2D eigenvalue weighted by Gasteiger charge is 2.12. The molecule has 0 fully saturated rings. The van der Waals surface area contributed by atoms with Gasteiger partial charge in [0.1, 0.15) is 0 Å². The van der Waals surface area contributed by atoms with E-state index in [0.29, 0.717) is 5.16 Å². The van der Waals surface area contributed by atoms with Gasteiger partial charge in [0.15, 0.2) is 10.9 Å². The van der Waals surface area contributed by atoms with Gasteiger partial charge in [-0.25, -0.2) is 14.8 Å². The van der Waals surface area contributed by atoms with Crippen LogP contribution in [-0.4, -0.2) is 26.8 Å². The highest BCUT2D eigenvalue weighted by Crippen LogP contribution is 2.19. The molecule has 0 atom stereocenters. The van der Waals surface area contributed by atoms with Crippen LogP contribution in [0.1, 0.15) is 22.5 Å². The van der Waals surface area contributed by atoms with E-state index in [1.807, 2.05) is 18.2 Å². The largest absolute Gasteiger partial charge is 0.476 e. The molecule has 1 aromatic carbocycles. The zero-order valence-electron chi connectivity index (χ0n) is 10.6. The molecule has 104 valence electrons. The van der Waals surface area contributed by atoms with Gasteiger partial charge in [0, 0.05) is 5.75 Å². The highest BCUT2D eigenvalue weighted by atomic mass is 35.5. The van der Waals surface area contributed by atoms with Gasteiger partial charge in [-0.1, -0.05) is 53.7 Å². The van der Waals surface area contributed by atoms with E-state index in [0.717, 1.165) is 18.6 Å². The maximum absolute atomic E-state index is 10.9. The number of aryl methyl sites for hydroxylation is 1. The third kappa shape index (κ3) is 4.21. The minimum atomic E-state index is -1.14. The molecule has 0 bridgehead atoms. The van der Waals surface area contributed by atoms with Crippen LogP contribution in [-0.2, 0) is 6.42 Å². The second-order valence-corrected chi connectivity index (χ2v) is 5.56. The normalized spacial score (nSPS) is 10.4. The Hall–Kier alpha value is -1.59. The van der Waals surface area contributed by atoms with Gasteiger partial charge in [-0.2, -0.15) is 0 Å². The lowest BCUT2D eigenvalue weighted by atomic mass is 10.1. The van der Waals surface area contributed by atoms with Crippen molar-refractivity contribution in [1.82, 2.24) is 9.97 Å². The van der Waals surface area contributed by atoms with Gasteiger partial charge in [-0.15, -0.1) is 0 Å². The van der Waals surface area contributed by atoms with E-state index in [1.165, 1.54) is 23.5 Å². The van der Waals surface area contributed by atoms with Crippen molar-refractivity contribution in [1.29, 1.82) is 0 Å². The first-order valence-electron chi connectivity index (χ1n) is 6.09. The van der Waals surface area contributed by atoms with Crippen molar-refractivity contribution in [3.8, 4) is 0 Å². The van der Waals surface area contributed by atoms with Crippen LogP contribution < -0.4 is 0 Å². The number of carboxylic acids is 1. The molecule has 0 spiro atoms. The molecule has 0 saturated carbocycles. The minimum Gasteiger partial charge on any atom is -0.476 e. The third-order valence-electron chi connectivity index (χ3n) is 2.61. The smallest absolute Gasteiger partial charge is 0.356 e. The molecular weight excluding hydrogens is 296 g/mol. The molecule has 2 aromatic rings. The molecule has 0 aliphatic heterocycles. The van der Waals surface area contributed by atoms with E-state index in [4.69, 9.17) is 16.7 Å². The number of benzene rings is 1. The van der Waals surface area contributed by atoms with Crippen LogP contribution in [0.5, 0.6) is 0 Å². The van der Waals surface area contributed by atoms with Crippen molar-refractivity contribution in [2.75, 3.05) is 5.75 Å². The summed E-state index contributed by atoms with van der Waals surface area (Å²) in [5, 5.41) is 9.43. The number of hydrogen-bond donors (Lipinski definition) is 1. The zero-order chi connectivity index (χ0) is 14.4. The van der Waals surface area contributed by atoms with Crippen LogP contribution in [0, 0.1) is 0 Å². The maximum atomic E-state index is 10.9. The van der Waals surface area contributed by atoms with Crippen LogP contribution >= 0.6 is 23.4 Å². The fourth-order valence-corrected chi connectivity index (χ4v) is 2.58. The van der Waals surface area contributed by atoms with Gasteiger partial charge in [-0.3, -0.25) is 0 Å². The Bertz CT molecular complexity index is 593. The average molecular weight is 309 g/mol. The lowest BCUT2D eigenvalue weighted by molar-refractivity contribution is 0.0689. The monoisotopic (exact) mass is 308 g/mol. The Labute approximate surface area is 126 Å². The van der Waals surface area contributed by atoms with Crippen LogP contribution in [0.15, 0.2) is 41.7 Å². The quantitative estimate of drug-likeness (QED) is 0.502. The SMILES string of the molecule is O=C(O)c1nc(SCCCc2ccccc2)ncc1Cl. The molecule has 1 aromatic heterocycles. The summed E-state index contributed by atoms with van der Waals surface area (Å²) in [6.07, 6.45) is 3.29. The van der Waals surface area contributed by atoms with Crippen molar-refractivity contribution in [3.05, 3.63) is 52.8 Å². The molecule has 0 aliphatic carbocycles. The van der Waals surface area contributed by atoms with Crippen molar-refractivity contribution >= 4 is 29.3 Å². The summed E-state index contributed by atoms with van der Waals surface area (Å²) in [4.78, 5) is 18.9. The van der Waals surface area contributed by atoms with Crippen LogP contribution in [0.3, 0.4) is 0 Å². The van der Waals surface area contributed by atoms with Crippen molar-refractivity contribution in [3.63, 3.8) is 0 Å². The fourth-order valence-electron chi connectivity index (χ4n) is 1.65. The second kappa shape index (κ2) is 7.26. The Morgan fingerprint density at radius 3 is 2.75 bits per heavy atom. The number of aromatic carboxylic acids is 1. The van der Waals surface area contributed by atoms with E-state index in [2.05, 4.69) is 22.1 Å². The van der Waals surface area contributed by atoms with Gasteiger partial charge < -0.3 is 5.11 Å². The Balaban J connectivity index is 1.85. The number of hydrogen-bond acceptors (Lipinski definition) is 4. The maximum Gasteiger partial charge on any atom is 0.356 e. The average Bonchev–Trinajstić information content (AvgIpc) is 2.46. The molecule has 1 heterocycles. The third-order valence-corrected chi connectivity index (χ3v) is 3.83. The van der Waals surface area contributed by atoms with Crippen LogP contribution in [0.2, 0.25) is 5.02 Å². The van der Waals surface area contributed by atoms with Crippen molar-refractivity contribution in [2.24, 2.45) is 0 Å². The van der Waals surface area contributed by atoms with Crippen LogP contribution in [0.4, 0.5) is 0 Å². The number of halogens is 1. The number of thioether (sulfide) groups is 1. The summed E-state index contributed by atoms with van der Waals surface area (Å²) in [6, 6.07) is 10.2. The van der Waals surface area contributed by atoms with E-state index >= 15 is 0 Å². The topological polar surface area (TPSA) is 63.1 Å². The summed E-state index contributed by atoms with van der Waals surface area (Å²) >= 11 is 7.15. The number of carboxylic acid groups (broad SMARTS) is 1. The molecule has 2 rings (SSSR count). The molecule has 0 unspecified atom stereocenters. The Kier molecular flexibility index (Phi) is 5.38. The second-order valence-electron chi connectivity index (χ2n) is 4.09. The highest BCUT2D eigenvalue weighted by molar-refractivity contribution is 7.99. The first-order valence-corrected chi connectivity index (χ1v) is 7.46. The van der Waals surface area contributed by atoms with E-state index < -0.39 is 5.97 Å². The summed E-state index contributed by atoms with van der Waals surface area (Å²) in [5.41, 5.74) is 1.14. The van der Waals surface area contributed by atoms with E-state index in [1.54, 1.807) is 0 Å². The summed E-state index contributed by atoms with van der Waals surface area (Å²) in [7, 11) is 0. The van der Waals surface area contributed by atoms with Crippen molar-refractivity contribution < 1.29 is 9.90 Å². The van der Waals surface area contributed by atoms with Gasteiger partial charge in [-0.05, 0) is 18.4 Å². The lowest BCUT2D eigenvalue weighted by Gasteiger charge is -2.03. The molecule has 0 amide bonds. The van der Waals surface area contributed by atoms with E-state index in [9.17, 15) is 4.79 Å². The molecule has 1 N–H and O–H groups in total. The van der Waals surface area contributed by atoms with Gasteiger partial charge in [0.25, 0.3) is 0 Å². The van der Waals surface area contributed by atoms with Gasteiger partial charge in [0.05, 0.1) is 11.2 Å².